The molecule has 0 aromatic heterocycles. The number of ether oxygens (including phenoxy) is 2. The van der Waals surface area contributed by atoms with Crippen molar-refractivity contribution in [3.63, 3.8) is 0 Å². The smallest absolute Gasteiger partial charge is 0.159 e. The molecule has 0 atom stereocenters. The molecule has 23 heavy (non-hydrogen) atoms. The summed E-state index contributed by atoms with van der Waals surface area (Å²) in [5, 5.41) is 3.39. The third-order valence-corrected chi connectivity index (χ3v) is 4.79. The highest BCUT2D eigenvalue weighted by atomic mass is 127. The molecule has 2 aromatic carbocycles. The molecule has 0 saturated carbocycles. The van der Waals surface area contributed by atoms with Gasteiger partial charge in [0.05, 0.1) is 15.7 Å². The molecular weight excluding hydrogens is 429 g/mol. The van der Waals surface area contributed by atoms with Crippen molar-refractivity contribution in [2.45, 2.75) is 26.7 Å². The maximum absolute atomic E-state index is 10.8. The van der Waals surface area contributed by atoms with E-state index in [-0.39, 0.29) is 0 Å². The quantitative estimate of drug-likeness (QED) is 0.386. The van der Waals surface area contributed by atoms with E-state index < -0.39 is 0 Å². The lowest BCUT2D eigenvalue weighted by molar-refractivity contribution is 0.405. The second-order valence-corrected chi connectivity index (χ2v) is 6.94. The van der Waals surface area contributed by atoms with E-state index in [0.29, 0.717) is 33.7 Å². The van der Waals surface area contributed by atoms with Crippen LogP contribution in [0.3, 0.4) is 0 Å². The molecule has 2 aromatic rings. The molecule has 0 amide bonds. The Balaban J connectivity index is 2.46. The minimum atomic E-state index is 0.298. The molecular formula is C17H17ClINO3. The van der Waals surface area contributed by atoms with Crippen molar-refractivity contribution in [2.24, 2.45) is 5.18 Å². The van der Waals surface area contributed by atoms with Gasteiger partial charge >= 0.3 is 0 Å². The third kappa shape index (κ3) is 3.77. The van der Waals surface area contributed by atoms with Gasteiger partial charge in [-0.15, -0.1) is 4.91 Å². The van der Waals surface area contributed by atoms with Crippen LogP contribution >= 0.6 is 34.2 Å². The predicted octanol–water partition coefficient (Wildman–Crippen LogP) is 6.58. The van der Waals surface area contributed by atoms with Gasteiger partial charge in [0.2, 0.25) is 0 Å². The largest absolute Gasteiger partial charge is 0.496 e. The van der Waals surface area contributed by atoms with Crippen molar-refractivity contribution in [1.82, 2.24) is 0 Å². The minimum Gasteiger partial charge on any atom is -0.496 e. The molecule has 0 unspecified atom stereocenters. The molecule has 0 aliphatic heterocycles. The Labute approximate surface area is 154 Å². The van der Waals surface area contributed by atoms with Crippen LogP contribution in [0.5, 0.6) is 17.2 Å². The Morgan fingerprint density at radius 3 is 2.52 bits per heavy atom. The second kappa shape index (κ2) is 7.49. The third-order valence-electron chi connectivity index (χ3n) is 3.53. The van der Waals surface area contributed by atoms with Gasteiger partial charge in [0.15, 0.2) is 5.75 Å². The summed E-state index contributed by atoms with van der Waals surface area (Å²) in [5.74, 6) is 2.31. The number of benzene rings is 2. The average molecular weight is 446 g/mol. The molecule has 0 aliphatic rings. The van der Waals surface area contributed by atoms with Gasteiger partial charge in [-0.25, -0.2) is 0 Å². The summed E-state index contributed by atoms with van der Waals surface area (Å²) in [6.45, 7) is 5.93. The van der Waals surface area contributed by atoms with Crippen LogP contribution in [0.2, 0.25) is 5.02 Å². The highest BCUT2D eigenvalue weighted by Crippen LogP contribution is 2.41. The Bertz CT molecular complexity index is 747. The average Bonchev–Trinajstić information content (AvgIpc) is 2.54. The first-order valence-electron chi connectivity index (χ1n) is 7.06. The fourth-order valence-corrected chi connectivity index (χ4v) is 3.29. The van der Waals surface area contributed by atoms with E-state index in [1.165, 1.54) is 0 Å². The van der Waals surface area contributed by atoms with Gasteiger partial charge in [0.1, 0.15) is 17.2 Å². The van der Waals surface area contributed by atoms with E-state index in [0.717, 1.165) is 14.9 Å². The summed E-state index contributed by atoms with van der Waals surface area (Å²) in [6, 6.07) is 7.31. The minimum absolute atomic E-state index is 0.298. The summed E-state index contributed by atoms with van der Waals surface area (Å²) in [6.07, 6.45) is 0. The van der Waals surface area contributed by atoms with E-state index in [2.05, 4.69) is 41.6 Å². The van der Waals surface area contributed by atoms with Gasteiger partial charge in [-0.3, -0.25) is 0 Å². The molecule has 0 N–H and O–H groups in total. The molecule has 6 heteroatoms. The molecule has 0 saturated heterocycles. The topological polar surface area (TPSA) is 47.9 Å². The Kier molecular flexibility index (Phi) is 5.86. The summed E-state index contributed by atoms with van der Waals surface area (Å²) in [5.41, 5.74) is 1.98. The zero-order chi connectivity index (χ0) is 17.1. The van der Waals surface area contributed by atoms with Crippen LogP contribution in [0.25, 0.3) is 0 Å². The zero-order valence-electron chi connectivity index (χ0n) is 13.3. The predicted molar refractivity (Wildman–Crippen MR) is 102 cm³/mol. The normalized spacial score (nSPS) is 10.7. The maximum atomic E-state index is 10.8. The SMILES string of the molecule is COc1ccc(Oc2c(I)cc(N=O)c(C)c2Cl)cc1C(C)C. The van der Waals surface area contributed by atoms with Crippen LogP contribution in [0, 0.1) is 15.4 Å². The first-order valence-corrected chi connectivity index (χ1v) is 8.52. The van der Waals surface area contributed by atoms with Crippen molar-refractivity contribution < 1.29 is 9.47 Å². The van der Waals surface area contributed by atoms with Crippen molar-refractivity contribution in [2.75, 3.05) is 7.11 Å². The summed E-state index contributed by atoms with van der Waals surface area (Å²) < 4.78 is 12.1. The molecule has 0 radical (unpaired) electrons. The molecule has 0 aliphatic carbocycles. The van der Waals surface area contributed by atoms with Crippen LogP contribution in [0.1, 0.15) is 30.9 Å². The molecule has 0 spiro atoms. The molecule has 4 nitrogen and oxygen atoms in total. The van der Waals surface area contributed by atoms with E-state index >= 15 is 0 Å². The van der Waals surface area contributed by atoms with Gasteiger partial charge in [-0.05, 0) is 64.9 Å². The summed E-state index contributed by atoms with van der Waals surface area (Å²) in [4.78, 5) is 10.8. The van der Waals surface area contributed by atoms with E-state index in [1.807, 2.05) is 18.2 Å². The standard InChI is InChI=1S/C17H17ClINO3/c1-9(2)12-7-11(5-6-15(12)22-4)23-17-13(19)8-14(20-21)10(3)16(17)18/h5-9H,1-4H3. The number of halogens is 2. The molecule has 0 fully saturated rings. The monoisotopic (exact) mass is 445 g/mol. The Hall–Kier alpha value is -1.34. The van der Waals surface area contributed by atoms with E-state index in [9.17, 15) is 4.91 Å². The highest BCUT2D eigenvalue weighted by Gasteiger charge is 2.17. The second-order valence-electron chi connectivity index (χ2n) is 5.40. The summed E-state index contributed by atoms with van der Waals surface area (Å²) in [7, 11) is 1.65. The van der Waals surface area contributed by atoms with Crippen LogP contribution < -0.4 is 9.47 Å². The van der Waals surface area contributed by atoms with Crippen LogP contribution in [0.4, 0.5) is 5.69 Å². The van der Waals surface area contributed by atoms with Gasteiger partial charge in [0.25, 0.3) is 0 Å². The molecule has 2 rings (SSSR count). The highest BCUT2D eigenvalue weighted by molar-refractivity contribution is 14.1. The van der Waals surface area contributed by atoms with E-state index in [1.54, 1.807) is 20.1 Å². The molecule has 122 valence electrons. The van der Waals surface area contributed by atoms with E-state index in [4.69, 9.17) is 21.1 Å². The maximum Gasteiger partial charge on any atom is 0.159 e. The van der Waals surface area contributed by atoms with Gasteiger partial charge < -0.3 is 9.47 Å². The number of nitroso groups, excluding NO2 is 1. The number of rotatable bonds is 5. The van der Waals surface area contributed by atoms with Gasteiger partial charge in [-0.1, -0.05) is 25.4 Å². The molecule has 0 heterocycles. The lowest BCUT2D eigenvalue weighted by Gasteiger charge is -2.16. The van der Waals surface area contributed by atoms with Gasteiger partial charge in [0, 0.05) is 11.1 Å². The van der Waals surface area contributed by atoms with Crippen LogP contribution in [-0.4, -0.2) is 7.11 Å². The zero-order valence-corrected chi connectivity index (χ0v) is 16.2. The first kappa shape index (κ1) is 18.0. The van der Waals surface area contributed by atoms with Crippen molar-refractivity contribution in [3.8, 4) is 17.2 Å². The van der Waals surface area contributed by atoms with Crippen molar-refractivity contribution >= 4 is 39.9 Å². The number of hydrogen-bond donors (Lipinski definition) is 0. The van der Waals surface area contributed by atoms with Gasteiger partial charge in [-0.2, -0.15) is 0 Å². The Morgan fingerprint density at radius 1 is 1.26 bits per heavy atom. The first-order chi connectivity index (χ1) is 10.9. The van der Waals surface area contributed by atoms with Crippen molar-refractivity contribution in [1.29, 1.82) is 0 Å². The number of nitrogens with zero attached hydrogens (tertiary/aromatic N) is 1. The summed E-state index contributed by atoms with van der Waals surface area (Å²) >= 11 is 8.42. The lowest BCUT2D eigenvalue weighted by atomic mass is 10.0. The van der Waals surface area contributed by atoms with Crippen molar-refractivity contribution in [3.05, 3.63) is 48.9 Å². The van der Waals surface area contributed by atoms with Crippen LogP contribution in [0.15, 0.2) is 29.4 Å². The van der Waals surface area contributed by atoms with Crippen LogP contribution in [-0.2, 0) is 0 Å². The fraction of sp³-hybridized carbons (Fsp3) is 0.294. The number of hydrogen-bond acceptors (Lipinski definition) is 4. The fourth-order valence-electron chi connectivity index (χ4n) is 2.21. The lowest BCUT2D eigenvalue weighted by Crippen LogP contribution is -1.96. The Morgan fingerprint density at radius 2 is 1.96 bits per heavy atom. The molecule has 0 bridgehead atoms. The number of methoxy groups -OCH3 is 1.